The van der Waals surface area contributed by atoms with Gasteiger partial charge in [-0.2, -0.15) is 5.26 Å². The molecule has 9 nitrogen and oxygen atoms in total. The summed E-state index contributed by atoms with van der Waals surface area (Å²) in [5.74, 6) is -0.159. The van der Waals surface area contributed by atoms with Gasteiger partial charge in [-0.1, -0.05) is 0 Å². The summed E-state index contributed by atoms with van der Waals surface area (Å²) in [6.45, 7) is 2.71. The summed E-state index contributed by atoms with van der Waals surface area (Å²) in [7, 11) is 0. The lowest BCUT2D eigenvalue weighted by molar-refractivity contribution is -0.0964. The van der Waals surface area contributed by atoms with Crippen LogP contribution in [0.1, 0.15) is 27.9 Å². The Labute approximate surface area is 210 Å². The highest BCUT2D eigenvalue weighted by Gasteiger charge is 2.28. The number of carbonyl (C=O) groups is 1. The number of nitrogens with zero attached hydrogens (tertiary/aromatic N) is 4. The maximum atomic E-state index is 12.9. The van der Waals surface area contributed by atoms with Gasteiger partial charge in [0.1, 0.15) is 11.8 Å². The number of β-amino-alcohol motifs (C(OH)–C–C–N with tert-alkyl or cyclic N) is 1. The minimum absolute atomic E-state index is 0.168. The third-order valence-electron chi connectivity index (χ3n) is 5.45. The van der Waals surface area contributed by atoms with E-state index in [0.717, 1.165) is 0 Å². The fourth-order valence-corrected chi connectivity index (χ4v) is 3.85. The van der Waals surface area contributed by atoms with Crippen molar-refractivity contribution < 1.29 is 23.4 Å². The van der Waals surface area contributed by atoms with Crippen LogP contribution in [0.4, 0.5) is 31.7 Å². The number of nitrogens with one attached hydrogen (secondary N) is 2. The number of alkyl halides is 3. The Bertz CT molecular complexity index is 1310. The average Bonchev–Trinajstić information content (AvgIpc) is 3.25. The number of hydrogen-bond acceptors (Lipinski definition) is 8. The number of aliphatic hydroxyl groups excluding tert-OH is 1. The molecule has 1 aliphatic heterocycles. The molecule has 3 N–H and O–H groups in total. The molecular weight excluding hydrogens is 494 g/mol. The normalized spacial score (nSPS) is 15.3. The summed E-state index contributed by atoms with van der Waals surface area (Å²) in [6.07, 6.45) is 4.56. The summed E-state index contributed by atoms with van der Waals surface area (Å²) >= 11 is 4.76. The molecule has 3 heterocycles. The molecule has 1 aliphatic rings. The predicted octanol–water partition coefficient (Wildman–Crippen LogP) is 4.39. The first-order chi connectivity index (χ1) is 17.1. The van der Waals surface area contributed by atoms with Crippen LogP contribution in [0.2, 0.25) is 0 Å². The number of aliphatic hydroxyl groups is 1. The Morgan fingerprint density at radius 3 is 2.67 bits per heavy atom. The first-order valence-electron chi connectivity index (χ1n) is 10.8. The van der Waals surface area contributed by atoms with Gasteiger partial charge in [-0.25, -0.2) is 4.98 Å². The van der Waals surface area contributed by atoms with Crippen LogP contribution in [0.5, 0.6) is 5.75 Å². The number of carbonyl (C=O) groups excluding carboxylic acids is 1. The van der Waals surface area contributed by atoms with Gasteiger partial charge in [0.25, 0.3) is 5.91 Å². The average molecular weight is 515 g/mol. The second-order valence-electron chi connectivity index (χ2n) is 8.13. The predicted molar refractivity (Wildman–Crippen MR) is 130 cm³/mol. The molecular formula is C24H21ClF2N6O3. The van der Waals surface area contributed by atoms with E-state index in [1.54, 1.807) is 19.2 Å². The van der Waals surface area contributed by atoms with E-state index in [0.29, 0.717) is 53.5 Å². The summed E-state index contributed by atoms with van der Waals surface area (Å²) in [4.78, 5) is 23.4. The van der Waals surface area contributed by atoms with Crippen LogP contribution in [0, 0.1) is 18.3 Å². The number of hydrogen-bond donors (Lipinski definition) is 3. The molecule has 1 amide bonds. The largest absolute Gasteiger partial charge is 0.487 e. The molecule has 12 heteroatoms. The Hall–Kier alpha value is -4.01. The van der Waals surface area contributed by atoms with Crippen LogP contribution in [-0.2, 0) is 0 Å². The van der Waals surface area contributed by atoms with Crippen molar-refractivity contribution in [3.8, 4) is 11.8 Å². The SMILES string of the molecule is Cc1cncc(Nc2cc(C(=O)Nc3ccc(OC(F)(F)Cl)cc3)cnc2N2CCC(O)C2)c1C#N. The number of pyridine rings is 2. The second-order valence-corrected chi connectivity index (χ2v) is 8.57. The monoisotopic (exact) mass is 514 g/mol. The lowest BCUT2D eigenvalue weighted by Gasteiger charge is -2.22. The molecule has 0 spiro atoms. The third kappa shape index (κ3) is 5.97. The van der Waals surface area contributed by atoms with Crippen molar-refractivity contribution in [2.45, 2.75) is 25.0 Å². The van der Waals surface area contributed by atoms with E-state index < -0.39 is 17.6 Å². The second kappa shape index (κ2) is 10.3. The number of nitriles is 1. The van der Waals surface area contributed by atoms with Gasteiger partial charge >= 0.3 is 5.57 Å². The minimum atomic E-state index is -3.84. The van der Waals surface area contributed by atoms with Crippen LogP contribution < -0.4 is 20.3 Å². The number of benzene rings is 1. The maximum absolute atomic E-state index is 12.9. The Morgan fingerprint density at radius 1 is 1.28 bits per heavy atom. The number of aryl methyl sites for hydroxylation is 1. The van der Waals surface area contributed by atoms with Crippen molar-refractivity contribution in [3.05, 3.63) is 65.6 Å². The Morgan fingerprint density at radius 2 is 2.03 bits per heavy atom. The van der Waals surface area contributed by atoms with Crippen molar-refractivity contribution in [3.63, 3.8) is 0 Å². The fourth-order valence-electron chi connectivity index (χ4n) is 3.76. The van der Waals surface area contributed by atoms with Gasteiger partial charge in [0, 0.05) is 42.8 Å². The quantitative estimate of drug-likeness (QED) is 0.397. The molecule has 0 saturated carbocycles. The number of halogens is 3. The summed E-state index contributed by atoms with van der Waals surface area (Å²) in [6, 6.07) is 8.99. The number of aromatic nitrogens is 2. The van der Waals surface area contributed by atoms with Crippen LogP contribution in [0.25, 0.3) is 0 Å². The van der Waals surface area contributed by atoms with Gasteiger partial charge in [-0.05, 0) is 49.2 Å². The highest BCUT2D eigenvalue weighted by molar-refractivity contribution is 6.20. The lowest BCUT2D eigenvalue weighted by Crippen LogP contribution is -2.24. The first-order valence-corrected chi connectivity index (χ1v) is 11.2. The van der Waals surface area contributed by atoms with Crippen molar-refractivity contribution >= 4 is 40.4 Å². The topological polar surface area (TPSA) is 123 Å². The zero-order valence-electron chi connectivity index (χ0n) is 19.0. The van der Waals surface area contributed by atoms with Gasteiger partial charge < -0.3 is 25.4 Å². The van der Waals surface area contributed by atoms with Crippen molar-refractivity contribution in [2.24, 2.45) is 0 Å². The van der Waals surface area contributed by atoms with Crippen LogP contribution >= 0.6 is 11.6 Å². The van der Waals surface area contributed by atoms with Crippen molar-refractivity contribution in [1.82, 2.24) is 9.97 Å². The van der Waals surface area contributed by atoms with Gasteiger partial charge in [-0.15, -0.1) is 8.78 Å². The summed E-state index contributed by atoms with van der Waals surface area (Å²) in [5, 5.41) is 25.4. The smallest absolute Gasteiger partial charge is 0.420 e. The molecule has 2 aromatic heterocycles. The molecule has 1 unspecified atom stereocenters. The van der Waals surface area contributed by atoms with Crippen molar-refractivity contribution in [2.75, 3.05) is 28.6 Å². The van der Waals surface area contributed by atoms with E-state index in [1.807, 2.05) is 4.90 Å². The van der Waals surface area contributed by atoms with E-state index in [4.69, 9.17) is 11.6 Å². The minimum Gasteiger partial charge on any atom is -0.420 e. The Balaban J connectivity index is 1.61. The zero-order valence-corrected chi connectivity index (χ0v) is 19.8. The molecule has 1 fully saturated rings. The lowest BCUT2D eigenvalue weighted by atomic mass is 10.1. The molecule has 1 aromatic carbocycles. The van der Waals surface area contributed by atoms with Crippen LogP contribution in [-0.4, -0.2) is 45.7 Å². The van der Waals surface area contributed by atoms with Crippen LogP contribution in [0.15, 0.2) is 48.9 Å². The molecule has 1 atom stereocenters. The number of anilines is 4. The Kier molecular flexibility index (Phi) is 7.19. The number of ether oxygens (including phenoxy) is 1. The molecule has 3 aromatic rings. The van der Waals surface area contributed by atoms with E-state index in [1.165, 1.54) is 36.7 Å². The summed E-state index contributed by atoms with van der Waals surface area (Å²) in [5.41, 5.74) is -1.32. The molecule has 0 bridgehead atoms. The van der Waals surface area contributed by atoms with E-state index in [-0.39, 0.29) is 11.3 Å². The standard InChI is InChI=1S/C24H21ClF2N6O3/c1-14-10-29-12-21(19(14)9-28)32-20-8-15(11-30-22(20)33-7-6-17(34)13-33)23(35)31-16-2-4-18(5-3-16)36-24(25,26)27/h2-5,8,10-12,17,32,34H,6-7,13H2,1H3,(H,31,35). The van der Waals surface area contributed by atoms with Gasteiger partial charge in [0.2, 0.25) is 0 Å². The molecule has 0 radical (unpaired) electrons. The molecule has 1 saturated heterocycles. The molecule has 186 valence electrons. The number of amides is 1. The highest BCUT2D eigenvalue weighted by atomic mass is 35.5. The number of rotatable bonds is 7. The maximum Gasteiger partial charge on any atom is 0.487 e. The first kappa shape index (κ1) is 25.1. The third-order valence-corrected chi connectivity index (χ3v) is 5.53. The van der Waals surface area contributed by atoms with E-state index in [9.17, 15) is 23.9 Å². The molecule has 36 heavy (non-hydrogen) atoms. The summed E-state index contributed by atoms with van der Waals surface area (Å²) < 4.78 is 29.8. The van der Waals surface area contributed by atoms with E-state index in [2.05, 4.69) is 31.4 Å². The zero-order chi connectivity index (χ0) is 25.9. The van der Waals surface area contributed by atoms with Crippen LogP contribution in [0.3, 0.4) is 0 Å². The fraction of sp³-hybridized carbons (Fsp3) is 0.250. The molecule has 0 aliphatic carbocycles. The van der Waals surface area contributed by atoms with Gasteiger partial charge in [0.05, 0.1) is 34.8 Å². The van der Waals surface area contributed by atoms with Gasteiger partial charge in [0.15, 0.2) is 5.82 Å². The van der Waals surface area contributed by atoms with Crippen molar-refractivity contribution in [1.29, 1.82) is 5.26 Å². The van der Waals surface area contributed by atoms with E-state index >= 15 is 0 Å². The molecule has 4 rings (SSSR count). The highest BCUT2D eigenvalue weighted by Crippen LogP contribution is 2.32. The van der Waals surface area contributed by atoms with Gasteiger partial charge in [-0.3, -0.25) is 9.78 Å².